The fraction of sp³-hybridized carbons (Fsp3) is 0.0476. The van der Waals surface area contributed by atoms with Crippen molar-refractivity contribution in [3.05, 3.63) is 81.6 Å². The normalized spacial score (nSPS) is 12.3. The molecule has 2 heterocycles. The summed E-state index contributed by atoms with van der Waals surface area (Å²) in [5.74, 6) is -1.20. The molecule has 0 atom stereocenters. The van der Waals surface area contributed by atoms with Gasteiger partial charge in [0.05, 0.1) is 23.9 Å². The average molecular weight is 404 g/mol. The molecule has 4 N–H and O–H groups in total. The summed E-state index contributed by atoms with van der Waals surface area (Å²) in [5, 5.41) is 4.87. The Bertz CT molecular complexity index is 1260. The highest BCUT2D eigenvalue weighted by Crippen LogP contribution is 2.23. The van der Waals surface area contributed by atoms with Gasteiger partial charge in [-0.15, -0.1) is 0 Å². The predicted molar refractivity (Wildman–Crippen MR) is 109 cm³/mol. The van der Waals surface area contributed by atoms with Crippen molar-refractivity contribution in [1.82, 2.24) is 9.88 Å². The molecule has 2 aromatic carbocycles. The number of amides is 3. The number of ether oxygens (including phenoxy) is 1. The number of nitrogen functional groups attached to an aromatic ring is 1. The number of methoxy groups -OCH3 is 1. The van der Waals surface area contributed by atoms with Crippen molar-refractivity contribution < 1.29 is 19.1 Å². The number of nitrogens with zero attached hydrogens (tertiary/aromatic N) is 1. The van der Waals surface area contributed by atoms with Crippen LogP contribution in [0.25, 0.3) is 5.69 Å². The van der Waals surface area contributed by atoms with Crippen LogP contribution in [0.1, 0.15) is 31.1 Å². The van der Waals surface area contributed by atoms with Crippen LogP contribution in [0.15, 0.2) is 59.4 Å². The predicted octanol–water partition coefficient (Wildman–Crippen LogP) is 1.56. The van der Waals surface area contributed by atoms with Gasteiger partial charge in [-0.05, 0) is 36.4 Å². The fourth-order valence-corrected chi connectivity index (χ4v) is 3.21. The summed E-state index contributed by atoms with van der Waals surface area (Å²) in [7, 11) is 1.53. The number of imide groups is 1. The third kappa shape index (κ3) is 3.18. The highest BCUT2D eigenvalue weighted by atomic mass is 16.5. The molecule has 0 fully saturated rings. The molecule has 0 aliphatic carbocycles. The number of rotatable bonds is 4. The first-order chi connectivity index (χ1) is 14.4. The largest absolute Gasteiger partial charge is 0.497 e. The molecule has 9 nitrogen and oxygen atoms in total. The third-order valence-electron chi connectivity index (χ3n) is 4.67. The Morgan fingerprint density at radius 2 is 1.77 bits per heavy atom. The van der Waals surface area contributed by atoms with Crippen LogP contribution < -0.4 is 26.7 Å². The first-order valence-corrected chi connectivity index (χ1v) is 8.86. The van der Waals surface area contributed by atoms with E-state index in [-0.39, 0.29) is 22.9 Å². The summed E-state index contributed by atoms with van der Waals surface area (Å²) in [6.07, 6.45) is 0. The standard InChI is InChI=1S/C21H16N4O5/c1-30-14-4-2-3-12(9-14)23-19(27)11-5-7-13(8-6-11)25-16(26)10-15-17(18(25)22)21(29)24-20(15)28/h2-10H,22H2,1H3,(H,23,27)(H,24,28,29). The number of hydrogen-bond donors (Lipinski definition) is 3. The first kappa shape index (κ1) is 18.9. The van der Waals surface area contributed by atoms with Gasteiger partial charge in [0.25, 0.3) is 23.3 Å². The SMILES string of the molecule is COc1cccc(NC(=O)c2ccc(-n3c(N)c4c(cc3=O)C(=O)NC4=O)cc2)c1. The van der Waals surface area contributed by atoms with E-state index in [1.165, 1.54) is 31.4 Å². The van der Waals surface area contributed by atoms with E-state index in [1.807, 2.05) is 0 Å². The molecule has 3 aromatic rings. The van der Waals surface area contributed by atoms with E-state index in [2.05, 4.69) is 10.6 Å². The first-order valence-electron chi connectivity index (χ1n) is 8.86. The molecule has 9 heteroatoms. The van der Waals surface area contributed by atoms with Crippen molar-refractivity contribution >= 4 is 29.2 Å². The molecule has 1 aliphatic rings. The van der Waals surface area contributed by atoms with Gasteiger partial charge in [0, 0.05) is 23.4 Å². The van der Waals surface area contributed by atoms with E-state index < -0.39 is 17.4 Å². The van der Waals surface area contributed by atoms with Crippen molar-refractivity contribution in [3.63, 3.8) is 0 Å². The van der Waals surface area contributed by atoms with Gasteiger partial charge in [-0.25, -0.2) is 0 Å². The van der Waals surface area contributed by atoms with Crippen LogP contribution in [0.3, 0.4) is 0 Å². The topological polar surface area (TPSA) is 133 Å². The van der Waals surface area contributed by atoms with Crippen molar-refractivity contribution in [2.45, 2.75) is 0 Å². The van der Waals surface area contributed by atoms with Gasteiger partial charge in [0.15, 0.2) is 0 Å². The second-order valence-electron chi connectivity index (χ2n) is 6.51. The summed E-state index contributed by atoms with van der Waals surface area (Å²) >= 11 is 0. The number of nitrogens with two attached hydrogens (primary N) is 1. The lowest BCUT2D eigenvalue weighted by atomic mass is 10.1. The minimum atomic E-state index is -0.657. The van der Waals surface area contributed by atoms with Crippen LogP contribution in [0.5, 0.6) is 5.75 Å². The van der Waals surface area contributed by atoms with E-state index in [0.29, 0.717) is 22.7 Å². The number of carbonyl (C=O) groups is 3. The highest BCUT2D eigenvalue weighted by Gasteiger charge is 2.31. The maximum absolute atomic E-state index is 12.5. The maximum atomic E-state index is 12.5. The Morgan fingerprint density at radius 1 is 1.03 bits per heavy atom. The Kier molecular flexibility index (Phi) is 4.55. The number of hydrogen-bond acceptors (Lipinski definition) is 6. The summed E-state index contributed by atoms with van der Waals surface area (Å²) < 4.78 is 6.24. The van der Waals surface area contributed by atoms with Gasteiger partial charge < -0.3 is 15.8 Å². The molecule has 150 valence electrons. The van der Waals surface area contributed by atoms with Crippen LogP contribution in [0.4, 0.5) is 11.5 Å². The maximum Gasteiger partial charge on any atom is 0.262 e. The van der Waals surface area contributed by atoms with Crippen molar-refractivity contribution in [3.8, 4) is 11.4 Å². The Balaban J connectivity index is 1.64. The van der Waals surface area contributed by atoms with E-state index in [0.717, 1.165) is 10.6 Å². The van der Waals surface area contributed by atoms with Crippen LogP contribution in [-0.2, 0) is 0 Å². The minimum absolute atomic E-state index is 0.0422. The lowest BCUT2D eigenvalue weighted by molar-refractivity contribution is 0.0879. The molecule has 0 saturated heterocycles. The van der Waals surface area contributed by atoms with E-state index >= 15 is 0 Å². The van der Waals surface area contributed by atoms with Crippen molar-refractivity contribution in [2.75, 3.05) is 18.2 Å². The summed E-state index contributed by atoms with van der Waals surface area (Å²) in [6.45, 7) is 0. The molecule has 0 radical (unpaired) electrons. The number of benzene rings is 2. The van der Waals surface area contributed by atoms with Gasteiger partial charge in [-0.1, -0.05) is 6.07 Å². The second-order valence-corrected chi connectivity index (χ2v) is 6.51. The van der Waals surface area contributed by atoms with Crippen molar-refractivity contribution in [1.29, 1.82) is 0 Å². The van der Waals surface area contributed by atoms with Crippen LogP contribution in [0.2, 0.25) is 0 Å². The quantitative estimate of drug-likeness (QED) is 0.566. The summed E-state index contributed by atoms with van der Waals surface area (Å²) in [5.41, 5.74) is 6.62. The number of fused-ring (bicyclic) bond motifs is 1. The molecule has 0 spiro atoms. The molecular formula is C21H16N4O5. The smallest absolute Gasteiger partial charge is 0.262 e. The molecule has 3 amide bonds. The lowest BCUT2D eigenvalue weighted by Crippen LogP contribution is -2.24. The Morgan fingerprint density at radius 3 is 2.47 bits per heavy atom. The van der Waals surface area contributed by atoms with Gasteiger partial charge in [0.2, 0.25) is 0 Å². The summed E-state index contributed by atoms with van der Waals surface area (Å²) in [6, 6.07) is 14.1. The second kappa shape index (κ2) is 7.21. The number of carbonyl (C=O) groups excluding carboxylic acids is 3. The van der Waals surface area contributed by atoms with E-state index in [1.54, 1.807) is 24.3 Å². The zero-order chi connectivity index (χ0) is 21.4. The molecule has 0 bridgehead atoms. The lowest BCUT2D eigenvalue weighted by Gasteiger charge is -2.12. The Hall–Kier alpha value is -4.40. The highest BCUT2D eigenvalue weighted by molar-refractivity contribution is 6.23. The minimum Gasteiger partial charge on any atom is -0.497 e. The summed E-state index contributed by atoms with van der Waals surface area (Å²) in [4.78, 5) is 48.7. The molecule has 1 aromatic heterocycles. The molecule has 0 saturated carbocycles. The van der Waals surface area contributed by atoms with E-state index in [9.17, 15) is 19.2 Å². The zero-order valence-corrected chi connectivity index (χ0v) is 15.8. The van der Waals surface area contributed by atoms with Crippen LogP contribution >= 0.6 is 0 Å². The molecular weight excluding hydrogens is 388 g/mol. The van der Waals surface area contributed by atoms with Gasteiger partial charge in [-0.2, -0.15) is 0 Å². The average Bonchev–Trinajstić information content (AvgIpc) is 3.02. The third-order valence-corrected chi connectivity index (χ3v) is 4.67. The van der Waals surface area contributed by atoms with Gasteiger partial charge in [-0.3, -0.25) is 29.1 Å². The zero-order valence-electron chi connectivity index (χ0n) is 15.8. The van der Waals surface area contributed by atoms with Gasteiger partial charge in [0.1, 0.15) is 11.6 Å². The molecule has 1 aliphatic heterocycles. The number of aromatic nitrogens is 1. The fourth-order valence-electron chi connectivity index (χ4n) is 3.21. The molecule has 0 unspecified atom stereocenters. The molecule has 30 heavy (non-hydrogen) atoms. The Labute approximate surface area is 170 Å². The number of anilines is 2. The monoisotopic (exact) mass is 404 g/mol. The number of pyridine rings is 1. The van der Waals surface area contributed by atoms with Crippen LogP contribution in [-0.4, -0.2) is 29.4 Å². The van der Waals surface area contributed by atoms with E-state index in [4.69, 9.17) is 10.5 Å². The van der Waals surface area contributed by atoms with Gasteiger partial charge >= 0.3 is 0 Å². The van der Waals surface area contributed by atoms with Crippen LogP contribution in [0, 0.1) is 0 Å². The van der Waals surface area contributed by atoms with Crippen molar-refractivity contribution in [2.24, 2.45) is 0 Å². The molecule has 4 rings (SSSR count). The number of nitrogens with one attached hydrogen (secondary N) is 2.